The molecule has 1 aromatic heterocycles. The summed E-state index contributed by atoms with van der Waals surface area (Å²) in [4.78, 5) is 19.9. The van der Waals surface area contributed by atoms with Crippen molar-refractivity contribution >= 4 is 29.0 Å². The molecule has 0 saturated heterocycles. The molecule has 26 heavy (non-hydrogen) atoms. The number of aryl methyl sites for hydroxylation is 2. The Hall–Kier alpha value is -3.41. The molecule has 1 heterocycles. The Balaban J connectivity index is 1.80. The SMILES string of the molecule is CCc1ccc(Nc2cc(Nc3cccc(C(=O)O)c3)nc(C)n2)cc1. The van der Waals surface area contributed by atoms with E-state index in [1.807, 2.05) is 19.1 Å². The van der Waals surface area contributed by atoms with E-state index in [0.717, 1.165) is 12.1 Å². The first kappa shape index (κ1) is 17.4. The normalized spacial score (nSPS) is 10.4. The van der Waals surface area contributed by atoms with Gasteiger partial charge in [0.1, 0.15) is 17.5 Å². The second-order valence-electron chi connectivity index (χ2n) is 5.87. The van der Waals surface area contributed by atoms with Crippen molar-refractivity contribution in [3.05, 3.63) is 71.5 Å². The van der Waals surface area contributed by atoms with Crippen LogP contribution in [0.2, 0.25) is 0 Å². The molecule has 6 nitrogen and oxygen atoms in total. The first-order chi connectivity index (χ1) is 12.5. The van der Waals surface area contributed by atoms with Gasteiger partial charge in [-0.25, -0.2) is 14.8 Å². The monoisotopic (exact) mass is 348 g/mol. The lowest BCUT2D eigenvalue weighted by Gasteiger charge is -2.11. The predicted molar refractivity (Wildman–Crippen MR) is 103 cm³/mol. The van der Waals surface area contributed by atoms with E-state index in [1.165, 1.54) is 5.56 Å². The van der Waals surface area contributed by atoms with Crippen molar-refractivity contribution in [3.63, 3.8) is 0 Å². The molecule has 0 radical (unpaired) electrons. The lowest BCUT2D eigenvalue weighted by molar-refractivity contribution is 0.0697. The van der Waals surface area contributed by atoms with E-state index in [2.05, 4.69) is 39.7 Å². The fourth-order valence-corrected chi connectivity index (χ4v) is 2.55. The van der Waals surface area contributed by atoms with Crippen molar-refractivity contribution in [2.75, 3.05) is 10.6 Å². The second kappa shape index (κ2) is 7.65. The van der Waals surface area contributed by atoms with Gasteiger partial charge in [-0.15, -0.1) is 0 Å². The van der Waals surface area contributed by atoms with E-state index >= 15 is 0 Å². The maximum Gasteiger partial charge on any atom is 0.335 e. The number of carboxylic acids is 1. The van der Waals surface area contributed by atoms with Gasteiger partial charge in [0.25, 0.3) is 0 Å². The van der Waals surface area contributed by atoms with E-state index in [-0.39, 0.29) is 5.56 Å². The Morgan fingerprint density at radius 3 is 2.23 bits per heavy atom. The van der Waals surface area contributed by atoms with Crippen molar-refractivity contribution < 1.29 is 9.90 Å². The minimum Gasteiger partial charge on any atom is -0.478 e. The standard InChI is InChI=1S/C20H20N4O2/c1-3-14-7-9-16(10-8-14)23-18-12-19(22-13(2)21-18)24-17-6-4-5-15(11-17)20(25)26/h4-12H,3H2,1-2H3,(H,25,26)(H2,21,22,23,24). The van der Waals surface area contributed by atoms with Crippen LogP contribution in [0, 0.1) is 6.92 Å². The van der Waals surface area contributed by atoms with Crippen molar-refractivity contribution in [2.45, 2.75) is 20.3 Å². The number of aromatic nitrogens is 2. The van der Waals surface area contributed by atoms with E-state index in [4.69, 9.17) is 5.11 Å². The summed E-state index contributed by atoms with van der Waals surface area (Å²) in [5, 5.41) is 15.5. The molecule has 3 rings (SSSR count). The molecule has 132 valence electrons. The molecule has 0 aliphatic heterocycles. The molecule has 0 spiro atoms. The molecule has 0 amide bonds. The third-order valence-corrected chi connectivity index (χ3v) is 3.85. The average Bonchev–Trinajstić information content (AvgIpc) is 2.62. The van der Waals surface area contributed by atoms with Crippen molar-refractivity contribution in [1.82, 2.24) is 9.97 Å². The maximum atomic E-state index is 11.1. The molecular formula is C20H20N4O2. The lowest BCUT2D eigenvalue weighted by Crippen LogP contribution is -2.02. The third-order valence-electron chi connectivity index (χ3n) is 3.85. The highest BCUT2D eigenvalue weighted by Crippen LogP contribution is 2.21. The van der Waals surface area contributed by atoms with Crippen LogP contribution in [0.4, 0.5) is 23.0 Å². The molecule has 0 aliphatic rings. The zero-order valence-corrected chi connectivity index (χ0v) is 14.7. The largest absolute Gasteiger partial charge is 0.478 e. The number of nitrogens with one attached hydrogen (secondary N) is 2. The Bertz CT molecular complexity index is 923. The lowest BCUT2D eigenvalue weighted by atomic mass is 10.1. The molecule has 3 N–H and O–H groups in total. The van der Waals surface area contributed by atoms with Gasteiger partial charge in [0.15, 0.2) is 0 Å². The summed E-state index contributed by atoms with van der Waals surface area (Å²) in [5.74, 6) is 0.897. The first-order valence-corrected chi connectivity index (χ1v) is 8.35. The molecular weight excluding hydrogens is 328 g/mol. The first-order valence-electron chi connectivity index (χ1n) is 8.35. The highest BCUT2D eigenvalue weighted by molar-refractivity contribution is 5.89. The topological polar surface area (TPSA) is 87.1 Å². The van der Waals surface area contributed by atoms with Crippen LogP contribution in [0.25, 0.3) is 0 Å². The molecule has 3 aromatic rings. The van der Waals surface area contributed by atoms with E-state index in [1.54, 1.807) is 30.3 Å². The smallest absolute Gasteiger partial charge is 0.335 e. The predicted octanol–water partition coefficient (Wildman–Crippen LogP) is 4.53. The van der Waals surface area contributed by atoms with Crippen molar-refractivity contribution in [2.24, 2.45) is 0 Å². The van der Waals surface area contributed by atoms with Gasteiger partial charge in [0, 0.05) is 17.4 Å². The number of carboxylic acid groups (broad SMARTS) is 1. The maximum absolute atomic E-state index is 11.1. The van der Waals surface area contributed by atoms with Crippen molar-refractivity contribution in [1.29, 1.82) is 0 Å². The van der Waals surface area contributed by atoms with Crippen LogP contribution in [0.1, 0.15) is 28.7 Å². The van der Waals surface area contributed by atoms with Crippen LogP contribution in [-0.4, -0.2) is 21.0 Å². The molecule has 0 aliphatic carbocycles. The molecule has 0 fully saturated rings. The van der Waals surface area contributed by atoms with Gasteiger partial charge in [0.2, 0.25) is 0 Å². The van der Waals surface area contributed by atoms with Gasteiger partial charge in [-0.05, 0) is 49.2 Å². The zero-order chi connectivity index (χ0) is 18.5. The summed E-state index contributed by atoms with van der Waals surface area (Å²) in [7, 11) is 0. The number of carbonyl (C=O) groups is 1. The highest BCUT2D eigenvalue weighted by Gasteiger charge is 2.06. The summed E-state index contributed by atoms with van der Waals surface area (Å²) in [6, 6.07) is 16.6. The number of nitrogens with zero attached hydrogens (tertiary/aromatic N) is 2. The summed E-state index contributed by atoms with van der Waals surface area (Å²) >= 11 is 0. The highest BCUT2D eigenvalue weighted by atomic mass is 16.4. The summed E-state index contributed by atoms with van der Waals surface area (Å²) in [6.45, 7) is 3.93. The summed E-state index contributed by atoms with van der Waals surface area (Å²) in [6.07, 6.45) is 0.996. The van der Waals surface area contributed by atoms with Crippen LogP contribution in [-0.2, 0) is 6.42 Å². The zero-order valence-electron chi connectivity index (χ0n) is 14.7. The molecule has 0 saturated carbocycles. The number of anilines is 4. The van der Waals surface area contributed by atoms with Gasteiger partial charge in [-0.1, -0.05) is 25.1 Å². The minimum atomic E-state index is -0.967. The van der Waals surface area contributed by atoms with Crippen LogP contribution in [0.3, 0.4) is 0 Å². The van der Waals surface area contributed by atoms with Crippen LogP contribution in [0.5, 0.6) is 0 Å². The molecule has 6 heteroatoms. The number of hydrogen-bond donors (Lipinski definition) is 3. The van der Waals surface area contributed by atoms with Gasteiger partial charge in [0.05, 0.1) is 5.56 Å². The quantitative estimate of drug-likeness (QED) is 0.606. The van der Waals surface area contributed by atoms with Crippen LogP contribution >= 0.6 is 0 Å². The van der Waals surface area contributed by atoms with Crippen LogP contribution in [0.15, 0.2) is 54.6 Å². The molecule has 2 aromatic carbocycles. The Labute approximate surface area is 152 Å². The fraction of sp³-hybridized carbons (Fsp3) is 0.150. The average molecular weight is 348 g/mol. The Morgan fingerprint density at radius 1 is 0.962 bits per heavy atom. The Morgan fingerprint density at radius 2 is 1.62 bits per heavy atom. The van der Waals surface area contributed by atoms with E-state index in [0.29, 0.717) is 23.1 Å². The number of aromatic carboxylic acids is 1. The summed E-state index contributed by atoms with van der Waals surface area (Å²) < 4.78 is 0. The van der Waals surface area contributed by atoms with E-state index < -0.39 is 5.97 Å². The fourth-order valence-electron chi connectivity index (χ4n) is 2.55. The third kappa shape index (κ3) is 4.36. The van der Waals surface area contributed by atoms with Crippen LogP contribution < -0.4 is 10.6 Å². The molecule has 0 unspecified atom stereocenters. The minimum absolute atomic E-state index is 0.218. The van der Waals surface area contributed by atoms with Gasteiger partial charge < -0.3 is 15.7 Å². The Kier molecular flexibility index (Phi) is 5.12. The van der Waals surface area contributed by atoms with Gasteiger partial charge in [-0.3, -0.25) is 0 Å². The number of hydrogen-bond acceptors (Lipinski definition) is 5. The van der Waals surface area contributed by atoms with Gasteiger partial charge >= 0.3 is 5.97 Å². The van der Waals surface area contributed by atoms with Gasteiger partial charge in [-0.2, -0.15) is 0 Å². The molecule has 0 bridgehead atoms. The van der Waals surface area contributed by atoms with E-state index in [9.17, 15) is 4.79 Å². The van der Waals surface area contributed by atoms with Crippen molar-refractivity contribution in [3.8, 4) is 0 Å². The second-order valence-corrected chi connectivity index (χ2v) is 5.87. The number of benzene rings is 2. The summed E-state index contributed by atoms with van der Waals surface area (Å²) in [5.41, 5.74) is 3.09. The number of rotatable bonds is 6. The molecule has 0 atom stereocenters.